The molecule has 0 bridgehead atoms. The van der Waals surface area contributed by atoms with E-state index in [0.717, 1.165) is 31.6 Å². The Hall–Kier alpha value is -2.17. The minimum atomic E-state index is -0.247. The van der Waals surface area contributed by atoms with Crippen LogP contribution in [-0.4, -0.2) is 33.7 Å². The van der Waals surface area contributed by atoms with Gasteiger partial charge in [0.2, 0.25) is 5.91 Å². The van der Waals surface area contributed by atoms with E-state index in [0.29, 0.717) is 12.3 Å². The van der Waals surface area contributed by atoms with Gasteiger partial charge in [0.05, 0.1) is 11.9 Å². The summed E-state index contributed by atoms with van der Waals surface area (Å²) < 4.78 is 14.8. The molecule has 0 saturated carbocycles. The highest BCUT2D eigenvalue weighted by atomic mass is 19.1. The van der Waals surface area contributed by atoms with Crippen molar-refractivity contribution in [1.82, 2.24) is 14.7 Å². The van der Waals surface area contributed by atoms with Gasteiger partial charge >= 0.3 is 0 Å². The molecule has 0 radical (unpaired) electrons. The van der Waals surface area contributed by atoms with Crippen LogP contribution in [0.4, 0.5) is 4.39 Å². The van der Waals surface area contributed by atoms with Crippen LogP contribution in [0.15, 0.2) is 36.7 Å². The fourth-order valence-electron chi connectivity index (χ4n) is 3.31. The van der Waals surface area contributed by atoms with Crippen LogP contribution in [0.1, 0.15) is 51.5 Å². The topological polar surface area (TPSA) is 38.1 Å². The van der Waals surface area contributed by atoms with Crippen LogP contribution in [0.3, 0.4) is 0 Å². The Morgan fingerprint density at radius 3 is 2.44 bits per heavy atom. The van der Waals surface area contributed by atoms with E-state index in [2.05, 4.69) is 25.9 Å². The second-order valence-electron chi connectivity index (χ2n) is 8.09. The summed E-state index contributed by atoms with van der Waals surface area (Å²) in [7, 11) is 0. The SMILES string of the molecule is CC(C)(C)CC(=O)N1CCC(c2cnn(-c3ccc(F)cc3)c2)CC1. The zero-order chi connectivity index (χ0) is 18.0. The van der Waals surface area contributed by atoms with E-state index < -0.39 is 0 Å². The van der Waals surface area contributed by atoms with E-state index in [-0.39, 0.29) is 17.1 Å². The number of benzene rings is 1. The predicted octanol–water partition coefficient (Wildman–Crippen LogP) is 4.15. The Morgan fingerprint density at radius 1 is 1.20 bits per heavy atom. The molecule has 5 heteroatoms. The zero-order valence-electron chi connectivity index (χ0n) is 15.2. The van der Waals surface area contributed by atoms with E-state index in [4.69, 9.17) is 0 Å². The van der Waals surface area contributed by atoms with Gasteiger partial charge in [0.15, 0.2) is 0 Å². The smallest absolute Gasteiger partial charge is 0.223 e. The maximum absolute atomic E-state index is 13.0. The second kappa shape index (κ2) is 6.98. The first-order valence-corrected chi connectivity index (χ1v) is 8.90. The first-order chi connectivity index (χ1) is 11.8. The minimum Gasteiger partial charge on any atom is -0.343 e. The van der Waals surface area contributed by atoms with Gasteiger partial charge in [0, 0.05) is 25.7 Å². The van der Waals surface area contributed by atoms with E-state index in [1.54, 1.807) is 16.8 Å². The third kappa shape index (κ3) is 4.47. The van der Waals surface area contributed by atoms with Crippen molar-refractivity contribution in [3.63, 3.8) is 0 Å². The summed E-state index contributed by atoms with van der Waals surface area (Å²) in [5, 5.41) is 4.41. The number of likely N-dealkylation sites (tertiary alicyclic amines) is 1. The van der Waals surface area contributed by atoms with Gasteiger partial charge in [-0.3, -0.25) is 4.79 Å². The number of piperidine rings is 1. The summed E-state index contributed by atoms with van der Waals surface area (Å²) in [6, 6.07) is 6.33. The molecule has 1 aromatic heterocycles. The van der Waals surface area contributed by atoms with Gasteiger partial charge in [0.25, 0.3) is 0 Å². The molecule has 1 saturated heterocycles. The Kier molecular flexibility index (Phi) is 4.93. The van der Waals surface area contributed by atoms with Crippen LogP contribution < -0.4 is 0 Å². The number of aromatic nitrogens is 2. The van der Waals surface area contributed by atoms with Gasteiger partial charge in [-0.15, -0.1) is 0 Å². The maximum Gasteiger partial charge on any atom is 0.223 e. The zero-order valence-corrected chi connectivity index (χ0v) is 15.2. The highest BCUT2D eigenvalue weighted by Gasteiger charge is 2.27. The third-order valence-corrected chi connectivity index (χ3v) is 4.69. The van der Waals surface area contributed by atoms with Crippen LogP contribution in [0, 0.1) is 11.2 Å². The second-order valence-corrected chi connectivity index (χ2v) is 8.09. The van der Waals surface area contributed by atoms with Crippen LogP contribution in [0.2, 0.25) is 0 Å². The molecule has 25 heavy (non-hydrogen) atoms. The van der Waals surface area contributed by atoms with Gasteiger partial charge in [-0.1, -0.05) is 20.8 Å². The average molecular weight is 343 g/mol. The third-order valence-electron chi connectivity index (χ3n) is 4.69. The first-order valence-electron chi connectivity index (χ1n) is 8.90. The number of halogens is 1. The summed E-state index contributed by atoms with van der Waals surface area (Å²) in [6.45, 7) is 7.91. The maximum atomic E-state index is 13.0. The largest absolute Gasteiger partial charge is 0.343 e. The molecular formula is C20H26FN3O. The molecule has 0 unspecified atom stereocenters. The number of amides is 1. The summed E-state index contributed by atoms with van der Waals surface area (Å²) in [4.78, 5) is 14.3. The van der Waals surface area contributed by atoms with Crippen LogP contribution in [0.5, 0.6) is 0 Å². The van der Waals surface area contributed by atoms with Crippen LogP contribution in [0.25, 0.3) is 5.69 Å². The standard InChI is InChI=1S/C20H26FN3O/c1-20(2,3)12-19(25)23-10-8-15(9-11-23)16-13-22-24(14-16)18-6-4-17(21)5-7-18/h4-7,13-15H,8-12H2,1-3H3. The van der Waals surface area contributed by atoms with Gasteiger partial charge in [0.1, 0.15) is 5.82 Å². The van der Waals surface area contributed by atoms with E-state index in [1.165, 1.54) is 17.7 Å². The monoisotopic (exact) mass is 343 g/mol. The van der Waals surface area contributed by atoms with Crippen LogP contribution in [-0.2, 0) is 4.79 Å². The molecule has 1 aliphatic heterocycles. The molecule has 1 aromatic carbocycles. The van der Waals surface area contributed by atoms with Gasteiger partial charge in [-0.25, -0.2) is 9.07 Å². The van der Waals surface area contributed by atoms with Gasteiger partial charge in [-0.2, -0.15) is 5.10 Å². The van der Waals surface area contributed by atoms with Crippen molar-refractivity contribution in [2.75, 3.05) is 13.1 Å². The number of rotatable bonds is 3. The lowest BCUT2D eigenvalue weighted by atomic mass is 9.89. The van der Waals surface area contributed by atoms with Crippen molar-refractivity contribution in [2.24, 2.45) is 5.41 Å². The van der Waals surface area contributed by atoms with E-state index in [9.17, 15) is 9.18 Å². The molecule has 2 heterocycles. The number of carbonyl (C=O) groups is 1. The summed E-state index contributed by atoms with van der Waals surface area (Å²) in [5.74, 6) is 0.435. The molecule has 134 valence electrons. The molecule has 0 spiro atoms. The Labute approximate surface area is 148 Å². The lowest BCUT2D eigenvalue weighted by Crippen LogP contribution is -2.39. The van der Waals surface area contributed by atoms with Gasteiger partial charge < -0.3 is 4.90 Å². The predicted molar refractivity (Wildman–Crippen MR) is 96.1 cm³/mol. The van der Waals surface area contributed by atoms with Crippen molar-refractivity contribution in [3.05, 3.63) is 48.0 Å². The van der Waals surface area contributed by atoms with Crippen LogP contribution >= 0.6 is 0 Å². The van der Waals surface area contributed by atoms with Gasteiger partial charge in [-0.05, 0) is 54.0 Å². The highest BCUT2D eigenvalue weighted by molar-refractivity contribution is 5.76. The minimum absolute atomic E-state index is 0.0320. The normalized spacial score (nSPS) is 16.2. The first kappa shape index (κ1) is 17.6. The van der Waals surface area contributed by atoms with E-state index in [1.807, 2.05) is 17.3 Å². The Bertz CT molecular complexity index is 722. The number of hydrogen-bond acceptors (Lipinski definition) is 2. The van der Waals surface area contributed by atoms with E-state index >= 15 is 0 Å². The Balaban J connectivity index is 1.60. The fourth-order valence-corrected chi connectivity index (χ4v) is 3.31. The lowest BCUT2D eigenvalue weighted by molar-refractivity contribution is -0.134. The quantitative estimate of drug-likeness (QED) is 0.839. The Morgan fingerprint density at radius 2 is 1.84 bits per heavy atom. The van der Waals surface area contributed by atoms with Crippen molar-refractivity contribution >= 4 is 5.91 Å². The molecule has 0 N–H and O–H groups in total. The molecular weight excluding hydrogens is 317 g/mol. The number of hydrogen-bond donors (Lipinski definition) is 0. The summed E-state index contributed by atoms with van der Waals surface area (Å²) in [5.41, 5.74) is 2.07. The fraction of sp³-hybridized carbons (Fsp3) is 0.500. The molecule has 0 aliphatic carbocycles. The van der Waals surface area contributed by atoms with Crippen molar-refractivity contribution < 1.29 is 9.18 Å². The number of nitrogens with zero attached hydrogens (tertiary/aromatic N) is 3. The number of carbonyl (C=O) groups excluding carboxylic acids is 1. The summed E-state index contributed by atoms with van der Waals surface area (Å²) in [6.07, 6.45) is 6.43. The molecule has 1 amide bonds. The molecule has 0 atom stereocenters. The molecule has 4 nitrogen and oxygen atoms in total. The molecule has 2 aromatic rings. The highest BCUT2D eigenvalue weighted by Crippen LogP contribution is 2.29. The molecule has 1 aliphatic rings. The van der Waals surface area contributed by atoms with Crippen molar-refractivity contribution in [2.45, 2.75) is 46.0 Å². The molecule has 3 rings (SSSR count). The van der Waals surface area contributed by atoms with Crippen molar-refractivity contribution in [1.29, 1.82) is 0 Å². The molecule has 1 fully saturated rings. The lowest BCUT2D eigenvalue weighted by Gasteiger charge is -2.33. The average Bonchev–Trinajstić information content (AvgIpc) is 3.04. The summed E-state index contributed by atoms with van der Waals surface area (Å²) >= 11 is 0. The van der Waals surface area contributed by atoms with Crippen molar-refractivity contribution in [3.8, 4) is 5.69 Å².